The predicted molar refractivity (Wildman–Crippen MR) is 203 cm³/mol. The van der Waals surface area contributed by atoms with Crippen LogP contribution in [0.15, 0.2) is 109 Å². The maximum absolute atomic E-state index is 12.1. The second-order valence-electron chi connectivity index (χ2n) is 15.5. The summed E-state index contributed by atoms with van der Waals surface area (Å²) in [7, 11) is 0. The third-order valence-electron chi connectivity index (χ3n) is 8.47. The van der Waals surface area contributed by atoms with E-state index in [9.17, 15) is 14.7 Å². The number of hydrogen-bond donors (Lipinski definition) is 1. The summed E-state index contributed by atoms with van der Waals surface area (Å²) in [6, 6.07) is 36.6. The van der Waals surface area contributed by atoms with Crippen molar-refractivity contribution >= 4 is 11.9 Å². The van der Waals surface area contributed by atoms with Gasteiger partial charge in [0, 0.05) is 13.1 Å². The van der Waals surface area contributed by atoms with E-state index >= 15 is 0 Å². The van der Waals surface area contributed by atoms with Crippen LogP contribution in [-0.4, -0.2) is 52.3 Å². The lowest BCUT2D eigenvalue weighted by atomic mass is 9.94. The standard InChI is InChI=1S/C30H35NO3.C14H20O3/c1-22(19-28(32)34-30(2,3)4)23-15-17-26(18-16-23)33-27-20-31(21-27)29(24-11-7-5-8-12-24)25-13-9-6-10-14-25;1-10(9-13(16)17-14(2,3)4)11-5-7-12(15)8-6-11/h5-18,22,27,29H,19-21H2,1-4H3;5-8,10,15H,9H2,1-4H3/t22-;10-/m11/s1. The normalized spacial score (nSPS) is 14.8. The largest absolute Gasteiger partial charge is 0.508 e. The Kier molecular flexibility index (Phi) is 13.5. The van der Waals surface area contributed by atoms with Gasteiger partial charge in [-0.05, 0) is 99.9 Å². The summed E-state index contributed by atoms with van der Waals surface area (Å²) in [6.45, 7) is 17.0. The monoisotopic (exact) mass is 693 g/mol. The molecule has 4 aromatic carbocycles. The fourth-order valence-electron chi connectivity index (χ4n) is 6.01. The Hall–Kier alpha value is -4.62. The van der Waals surface area contributed by atoms with Crippen molar-refractivity contribution < 1.29 is 28.9 Å². The molecule has 1 heterocycles. The van der Waals surface area contributed by atoms with Crippen molar-refractivity contribution in [2.45, 2.75) is 103 Å². The van der Waals surface area contributed by atoms with E-state index in [4.69, 9.17) is 14.2 Å². The highest BCUT2D eigenvalue weighted by Gasteiger charge is 2.35. The molecule has 0 bridgehead atoms. The van der Waals surface area contributed by atoms with E-state index in [1.165, 1.54) is 11.1 Å². The van der Waals surface area contributed by atoms with Gasteiger partial charge in [0.1, 0.15) is 28.8 Å². The zero-order valence-corrected chi connectivity index (χ0v) is 31.5. The van der Waals surface area contributed by atoms with Gasteiger partial charge in [0.05, 0.1) is 18.9 Å². The highest BCUT2D eigenvalue weighted by molar-refractivity contribution is 5.71. The van der Waals surface area contributed by atoms with Crippen LogP contribution in [0.5, 0.6) is 11.5 Å². The number of carbonyl (C=O) groups is 2. The molecule has 7 heteroatoms. The molecule has 272 valence electrons. The number of nitrogens with zero attached hydrogens (tertiary/aromatic N) is 1. The zero-order chi connectivity index (χ0) is 37.2. The van der Waals surface area contributed by atoms with Crippen molar-refractivity contribution in [2.24, 2.45) is 0 Å². The van der Waals surface area contributed by atoms with E-state index in [2.05, 4.69) is 84.6 Å². The van der Waals surface area contributed by atoms with Crippen LogP contribution in [0.3, 0.4) is 0 Å². The lowest BCUT2D eigenvalue weighted by Crippen LogP contribution is -2.55. The molecule has 7 nitrogen and oxygen atoms in total. The Labute approximate surface area is 304 Å². The molecule has 0 unspecified atom stereocenters. The molecule has 1 fully saturated rings. The first kappa shape index (κ1) is 39.2. The quantitative estimate of drug-likeness (QED) is 0.157. The van der Waals surface area contributed by atoms with Crippen LogP contribution < -0.4 is 4.74 Å². The molecular weight excluding hydrogens is 638 g/mol. The van der Waals surface area contributed by atoms with Gasteiger partial charge in [-0.3, -0.25) is 14.5 Å². The predicted octanol–water partition coefficient (Wildman–Crippen LogP) is 9.60. The van der Waals surface area contributed by atoms with Crippen molar-refractivity contribution in [1.82, 2.24) is 4.90 Å². The molecule has 0 amide bonds. The summed E-state index contributed by atoms with van der Waals surface area (Å²) in [4.78, 5) is 26.2. The van der Waals surface area contributed by atoms with E-state index in [1.54, 1.807) is 12.1 Å². The number of hydrogen-bond acceptors (Lipinski definition) is 7. The highest BCUT2D eigenvalue weighted by atomic mass is 16.6. The fourth-order valence-corrected chi connectivity index (χ4v) is 6.01. The zero-order valence-electron chi connectivity index (χ0n) is 31.5. The van der Waals surface area contributed by atoms with Gasteiger partial charge in [-0.15, -0.1) is 0 Å². The van der Waals surface area contributed by atoms with E-state index in [1.807, 2.05) is 72.7 Å². The molecule has 0 saturated carbocycles. The first-order chi connectivity index (χ1) is 24.1. The lowest BCUT2D eigenvalue weighted by molar-refractivity contribution is -0.156. The summed E-state index contributed by atoms with van der Waals surface area (Å²) in [6.07, 6.45) is 0.886. The smallest absolute Gasteiger partial charge is 0.306 e. The third kappa shape index (κ3) is 12.9. The maximum Gasteiger partial charge on any atom is 0.306 e. The Morgan fingerprint density at radius 3 is 1.41 bits per heavy atom. The van der Waals surface area contributed by atoms with Crippen LogP contribution in [0.25, 0.3) is 0 Å². The highest BCUT2D eigenvalue weighted by Crippen LogP contribution is 2.34. The molecule has 1 saturated heterocycles. The number of aromatic hydroxyl groups is 1. The Morgan fingerprint density at radius 2 is 1.02 bits per heavy atom. The van der Waals surface area contributed by atoms with Gasteiger partial charge >= 0.3 is 11.9 Å². The summed E-state index contributed by atoms with van der Waals surface area (Å²) in [5, 5.41) is 9.18. The fraction of sp³-hybridized carbons (Fsp3) is 0.409. The molecule has 0 radical (unpaired) electrons. The van der Waals surface area contributed by atoms with Crippen molar-refractivity contribution in [1.29, 1.82) is 0 Å². The molecule has 1 N–H and O–H groups in total. The Bertz CT molecular complexity index is 1610. The summed E-state index contributed by atoms with van der Waals surface area (Å²) in [5.41, 5.74) is 3.85. The van der Waals surface area contributed by atoms with Gasteiger partial charge < -0.3 is 19.3 Å². The first-order valence-corrected chi connectivity index (χ1v) is 17.9. The van der Waals surface area contributed by atoms with Crippen molar-refractivity contribution in [3.63, 3.8) is 0 Å². The molecule has 51 heavy (non-hydrogen) atoms. The molecule has 4 aromatic rings. The number of likely N-dealkylation sites (tertiary alicyclic amines) is 1. The lowest BCUT2D eigenvalue weighted by Gasteiger charge is -2.44. The SMILES string of the molecule is C[C@H](CC(=O)OC(C)(C)C)c1ccc(O)cc1.C[C@H](CC(=O)OC(C)(C)C)c1ccc(OC2CN(C(c3ccccc3)c3ccccc3)C2)cc1. The molecule has 2 atom stereocenters. The number of ether oxygens (including phenoxy) is 3. The molecule has 0 spiro atoms. The van der Waals surface area contributed by atoms with Gasteiger partial charge in [0.2, 0.25) is 0 Å². The van der Waals surface area contributed by atoms with Crippen molar-refractivity contribution in [2.75, 3.05) is 13.1 Å². The maximum atomic E-state index is 12.1. The third-order valence-corrected chi connectivity index (χ3v) is 8.47. The minimum atomic E-state index is -0.453. The van der Waals surface area contributed by atoms with Gasteiger partial charge in [0.15, 0.2) is 0 Å². The number of esters is 2. The number of carbonyl (C=O) groups excluding carboxylic acids is 2. The summed E-state index contributed by atoms with van der Waals surface area (Å²) < 4.78 is 17.0. The summed E-state index contributed by atoms with van der Waals surface area (Å²) >= 11 is 0. The summed E-state index contributed by atoms with van der Waals surface area (Å²) in [5.74, 6) is 0.928. The van der Waals surface area contributed by atoms with Crippen LogP contribution in [0.1, 0.15) is 108 Å². The minimum Gasteiger partial charge on any atom is -0.508 e. The van der Waals surface area contributed by atoms with Crippen LogP contribution in [0, 0.1) is 0 Å². The number of rotatable bonds is 11. The molecule has 5 rings (SSSR count). The average Bonchev–Trinajstić information content (AvgIpc) is 3.04. The van der Waals surface area contributed by atoms with Gasteiger partial charge in [-0.25, -0.2) is 0 Å². The molecular formula is C44H55NO6. The minimum absolute atomic E-state index is 0.0884. The van der Waals surface area contributed by atoms with E-state index in [0.717, 1.165) is 30.0 Å². The molecule has 1 aliphatic rings. The van der Waals surface area contributed by atoms with E-state index < -0.39 is 11.2 Å². The molecule has 1 aliphatic heterocycles. The second kappa shape index (κ2) is 17.5. The van der Waals surface area contributed by atoms with Crippen molar-refractivity contribution in [3.05, 3.63) is 131 Å². The number of benzene rings is 4. The van der Waals surface area contributed by atoms with E-state index in [0.29, 0.717) is 12.8 Å². The number of phenols is 1. The second-order valence-corrected chi connectivity index (χ2v) is 15.5. The van der Waals surface area contributed by atoms with Crippen LogP contribution in [0.4, 0.5) is 0 Å². The number of phenolic OH excluding ortho intramolecular Hbond substituents is 1. The van der Waals surface area contributed by atoms with Crippen molar-refractivity contribution in [3.8, 4) is 11.5 Å². The van der Waals surface area contributed by atoms with Gasteiger partial charge in [-0.2, -0.15) is 0 Å². The van der Waals surface area contributed by atoms with E-state index in [-0.39, 0.29) is 41.7 Å². The molecule has 0 aromatic heterocycles. The Morgan fingerprint density at radius 1 is 0.627 bits per heavy atom. The average molecular weight is 694 g/mol. The Balaban J connectivity index is 0.000000289. The first-order valence-electron chi connectivity index (χ1n) is 17.9. The van der Waals surface area contributed by atoms with Crippen LogP contribution in [-0.2, 0) is 19.1 Å². The van der Waals surface area contributed by atoms with Crippen LogP contribution in [0.2, 0.25) is 0 Å². The van der Waals surface area contributed by atoms with Gasteiger partial charge in [-0.1, -0.05) is 98.8 Å². The van der Waals surface area contributed by atoms with Crippen LogP contribution >= 0.6 is 0 Å². The molecule has 0 aliphatic carbocycles. The van der Waals surface area contributed by atoms with Gasteiger partial charge in [0.25, 0.3) is 0 Å². The topological polar surface area (TPSA) is 85.3 Å².